The Labute approximate surface area is 187 Å². The molecule has 0 radical (unpaired) electrons. The largest absolute Gasteiger partial charge is 0.393 e. The summed E-state index contributed by atoms with van der Waals surface area (Å²) in [5, 5.41) is 21.2. The molecule has 3 fully saturated rings. The molecule has 31 heavy (non-hydrogen) atoms. The Morgan fingerprint density at radius 1 is 1.13 bits per heavy atom. The average molecular weight is 439 g/mol. The van der Waals surface area contributed by atoms with E-state index in [1.165, 1.54) is 38.7 Å². The van der Waals surface area contributed by atoms with Crippen LogP contribution >= 0.6 is 0 Å². The minimum atomic E-state index is -1.75. The predicted octanol–water partition coefficient (Wildman–Crippen LogP) is 6.40. The number of fused-ring (bicyclic) bond motifs is 5. The van der Waals surface area contributed by atoms with E-state index < -0.39 is 24.0 Å². The average Bonchev–Trinajstić information content (AvgIpc) is 3.03. The van der Waals surface area contributed by atoms with Gasteiger partial charge in [0, 0.05) is 11.8 Å². The molecule has 0 aliphatic heterocycles. The van der Waals surface area contributed by atoms with Crippen LogP contribution in [-0.4, -0.2) is 34.3 Å². The number of alkyl halides is 2. The highest BCUT2D eigenvalue weighted by molar-refractivity contribution is 5.27. The third kappa shape index (κ3) is 3.82. The minimum absolute atomic E-state index is 0.193. The van der Waals surface area contributed by atoms with E-state index in [0.29, 0.717) is 48.9 Å². The Bertz CT molecular complexity index is 700. The monoisotopic (exact) mass is 438 g/mol. The number of aliphatic hydroxyl groups is 2. The molecule has 4 aliphatic rings. The highest BCUT2D eigenvalue weighted by atomic mass is 19.2. The van der Waals surface area contributed by atoms with Crippen LogP contribution in [-0.2, 0) is 0 Å². The van der Waals surface area contributed by atoms with Crippen molar-refractivity contribution in [1.29, 1.82) is 0 Å². The molecule has 2 unspecified atom stereocenters. The number of hydrogen-bond donors (Lipinski definition) is 2. The Hall–Kier alpha value is -0.480. The number of aliphatic hydroxyl groups excluding tert-OH is 2. The third-order valence-electron chi connectivity index (χ3n) is 10.6. The number of allylic oxidation sites excluding steroid dienone is 1. The molecule has 2 nitrogen and oxygen atoms in total. The molecule has 4 heteroatoms. The fraction of sp³-hybridized carbons (Fsp3) is 0.926. The summed E-state index contributed by atoms with van der Waals surface area (Å²) in [4.78, 5) is 0. The van der Waals surface area contributed by atoms with Gasteiger partial charge in [0.15, 0.2) is 0 Å². The maximum absolute atomic E-state index is 14.2. The van der Waals surface area contributed by atoms with Gasteiger partial charge in [-0.1, -0.05) is 32.4 Å². The van der Waals surface area contributed by atoms with Crippen molar-refractivity contribution in [1.82, 2.24) is 0 Å². The molecule has 10 atom stereocenters. The van der Waals surface area contributed by atoms with Crippen molar-refractivity contribution in [2.24, 2.45) is 40.4 Å². The first-order valence-electron chi connectivity index (χ1n) is 12.8. The first kappa shape index (κ1) is 23.7. The highest BCUT2D eigenvalue weighted by Crippen LogP contribution is 2.67. The molecule has 3 saturated carbocycles. The summed E-state index contributed by atoms with van der Waals surface area (Å²) in [6.07, 6.45) is 8.15. The lowest BCUT2D eigenvalue weighted by Crippen LogP contribution is -2.55. The molecule has 0 heterocycles. The molecular formula is C27H44F2O2. The van der Waals surface area contributed by atoms with E-state index in [9.17, 15) is 19.0 Å². The molecule has 0 amide bonds. The fourth-order valence-electron chi connectivity index (χ4n) is 8.63. The zero-order chi connectivity index (χ0) is 22.8. The number of hydrogen-bond acceptors (Lipinski definition) is 2. The van der Waals surface area contributed by atoms with Gasteiger partial charge < -0.3 is 10.2 Å². The molecule has 4 aliphatic carbocycles. The highest BCUT2D eigenvalue weighted by Gasteiger charge is 2.60. The smallest absolute Gasteiger partial charge is 0.136 e. The lowest BCUT2D eigenvalue weighted by atomic mass is 9.46. The quantitative estimate of drug-likeness (QED) is 0.488. The van der Waals surface area contributed by atoms with E-state index in [4.69, 9.17) is 0 Å². The minimum Gasteiger partial charge on any atom is -0.393 e. The molecule has 0 aromatic rings. The second-order valence-corrected chi connectivity index (χ2v) is 12.5. The normalized spacial score (nSPS) is 47.1. The molecule has 178 valence electrons. The molecule has 0 spiro atoms. The first-order valence-corrected chi connectivity index (χ1v) is 12.8. The van der Waals surface area contributed by atoms with E-state index in [-0.39, 0.29) is 10.8 Å². The van der Waals surface area contributed by atoms with Gasteiger partial charge in [0.1, 0.15) is 11.8 Å². The van der Waals surface area contributed by atoms with Crippen LogP contribution in [0, 0.1) is 40.4 Å². The fourth-order valence-corrected chi connectivity index (χ4v) is 8.63. The molecule has 0 aromatic heterocycles. The lowest BCUT2D eigenvalue weighted by molar-refractivity contribution is -0.108. The Morgan fingerprint density at radius 2 is 1.84 bits per heavy atom. The molecule has 0 bridgehead atoms. The van der Waals surface area contributed by atoms with Gasteiger partial charge in [0.2, 0.25) is 0 Å². The number of rotatable bonds is 5. The zero-order valence-electron chi connectivity index (χ0n) is 20.2. The summed E-state index contributed by atoms with van der Waals surface area (Å²) in [5.74, 6) is 2.71. The Kier molecular flexibility index (Phi) is 6.17. The van der Waals surface area contributed by atoms with Crippen molar-refractivity contribution in [3.05, 3.63) is 11.6 Å². The molecule has 4 rings (SSSR count). The van der Waals surface area contributed by atoms with Crippen molar-refractivity contribution in [3.8, 4) is 0 Å². The van der Waals surface area contributed by atoms with E-state index >= 15 is 0 Å². The van der Waals surface area contributed by atoms with E-state index in [0.717, 1.165) is 19.3 Å². The first-order chi connectivity index (χ1) is 14.4. The lowest BCUT2D eigenvalue weighted by Gasteiger charge is -2.59. The van der Waals surface area contributed by atoms with Gasteiger partial charge in [-0.3, -0.25) is 0 Å². The van der Waals surface area contributed by atoms with Crippen LogP contribution < -0.4 is 0 Å². The van der Waals surface area contributed by atoms with Crippen LogP contribution in [0.4, 0.5) is 8.78 Å². The summed E-state index contributed by atoms with van der Waals surface area (Å²) < 4.78 is 28.2. The maximum atomic E-state index is 14.2. The van der Waals surface area contributed by atoms with Crippen molar-refractivity contribution >= 4 is 0 Å². The van der Waals surface area contributed by atoms with Crippen LogP contribution in [0.1, 0.15) is 92.4 Å². The summed E-state index contributed by atoms with van der Waals surface area (Å²) >= 11 is 0. The molecule has 0 aromatic carbocycles. The van der Waals surface area contributed by atoms with Gasteiger partial charge in [0.25, 0.3) is 0 Å². The SMILES string of the molecule is C[C@H](CCC(F)C(C)(C)F)[C@H]1CC[C@H]2[C@@H]3CC=C4CC(O)C[C@H](O)[C@]4(C)[C@H]3CC[C@]12C. The van der Waals surface area contributed by atoms with Gasteiger partial charge in [-0.05, 0) is 100 Å². The van der Waals surface area contributed by atoms with Gasteiger partial charge >= 0.3 is 0 Å². The van der Waals surface area contributed by atoms with Crippen molar-refractivity contribution in [2.75, 3.05) is 0 Å². The van der Waals surface area contributed by atoms with Crippen molar-refractivity contribution in [2.45, 2.75) is 116 Å². The molecule has 0 saturated heterocycles. The summed E-state index contributed by atoms with van der Waals surface area (Å²) in [6.45, 7) is 9.68. The van der Waals surface area contributed by atoms with Crippen LogP contribution in [0.25, 0.3) is 0 Å². The van der Waals surface area contributed by atoms with Crippen molar-refractivity contribution in [3.63, 3.8) is 0 Å². The maximum Gasteiger partial charge on any atom is 0.136 e. The van der Waals surface area contributed by atoms with E-state index in [2.05, 4.69) is 26.8 Å². The van der Waals surface area contributed by atoms with Gasteiger partial charge in [0.05, 0.1) is 12.2 Å². The Morgan fingerprint density at radius 3 is 2.52 bits per heavy atom. The van der Waals surface area contributed by atoms with Gasteiger partial charge in [-0.25, -0.2) is 8.78 Å². The summed E-state index contributed by atoms with van der Waals surface area (Å²) in [5.41, 5.74) is -0.398. The zero-order valence-corrected chi connectivity index (χ0v) is 20.2. The Balaban J connectivity index is 1.50. The van der Waals surface area contributed by atoms with Crippen molar-refractivity contribution < 1.29 is 19.0 Å². The summed E-state index contributed by atoms with van der Waals surface area (Å²) in [7, 11) is 0. The van der Waals surface area contributed by atoms with E-state index in [1.807, 2.05) is 0 Å². The van der Waals surface area contributed by atoms with Crippen LogP contribution in [0.5, 0.6) is 0 Å². The second kappa shape index (κ2) is 8.08. The van der Waals surface area contributed by atoms with Crippen LogP contribution in [0.2, 0.25) is 0 Å². The molecular weight excluding hydrogens is 394 g/mol. The number of halogens is 2. The second-order valence-electron chi connectivity index (χ2n) is 12.5. The van der Waals surface area contributed by atoms with Crippen LogP contribution in [0.3, 0.4) is 0 Å². The van der Waals surface area contributed by atoms with Crippen LogP contribution in [0.15, 0.2) is 11.6 Å². The predicted molar refractivity (Wildman–Crippen MR) is 121 cm³/mol. The topological polar surface area (TPSA) is 40.5 Å². The van der Waals surface area contributed by atoms with Gasteiger partial charge in [-0.2, -0.15) is 0 Å². The van der Waals surface area contributed by atoms with E-state index in [1.54, 1.807) is 0 Å². The molecule has 2 N–H and O–H groups in total. The van der Waals surface area contributed by atoms with Gasteiger partial charge in [-0.15, -0.1) is 0 Å². The summed E-state index contributed by atoms with van der Waals surface area (Å²) in [6, 6.07) is 0. The third-order valence-corrected chi connectivity index (χ3v) is 10.6. The standard InChI is InChI=1S/C27H44F2O2/c1-16(6-11-23(28)25(2,3)29)20-9-10-21-19-8-7-17-14-18(30)15-24(31)27(17,5)22(19)12-13-26(20,21)4/h7,16,18-24,30-31H,6,8-15H2,1-5H3/t16-,18?,19+,20-,21+,22+,23?,24+,26-,27+/m1/s1.